The lowest BCUT2D eigenvalue weighted by molar-refractivity contribution is -0.0435. The maximum atomic E-state index is 11.5. The summed E-state index contributed by atoms with van der Waals surface area (Å²) in [6.45, 7) is 1.48. The lowest BCUT2D eigenvalue weighted by Gasteiger charge is -2.00. The summed E-state index contributed by atoms with van der Waals surface area (Å²) in [5.74, 6) is 0. The van der Waals surface area contributed by atoms with Gasteiger partial charge in [-0.2, -0.15) is 26.0 Å². The van der Waals surface area contributed by atoms with E-state index in [0.717, 1.165) is 0 Å². The number of halogens is 3. The standard InChI is InChI=1S/C4H6F3NO2S/c1-2-3-8-11(9,10)4(5,6)7/h3H,2H2,1H3. The Bertz CT molecular complexity index is 241. The van der Waals surface area contributed by atoms with Crippen molar-refractivity contribution < 1.29 is 21.6 Å². The molecule has 0 heterocycles. The van der Waals surface area contributed by atoms with Crippen molar-refractivity contribution in [3.8, 4) is 0 Å². The second kappa shape index (κ2) is 3.21. The zero-order chi connectivity index (χ0) is 9.12. The molecule has 0 amide bonds. The predicted molar refractivity (Wildman–Crippen MR) is 33.8 cm³/mol. The fraction of sp³-hybridized carbons (Fsp3) is 0.750. The monoisotopic (exact) mass is 189 g/mol. The summed E-state index contributed by atoms with van der Waals surface area (Å²) in [5.41, 5.74) is -5.28. The van der Waals surface area contributed by atoms with E-state index < -0.39 is 15.5 Å². The van der Waals surface area contributed by atoms with Gasteiger partial charge in [0.25, 0.3) is 0 Å². The molecule has 0 aromatic carbocycles. The molecule has 0 N–H and O–H groups in total. The topological polar surface area (TPSA) is 46.5 Å². The Labute approximate surface area is 62.0 Å². The average molecular weight is 189 g/mol. The molecule has 0 saturated carbocycles. The average Bonchev–Trinajstić information content (AvgIpc) is 1.81. The Kier molecular flexibility index (Phi) is 3.03. The van der Waals surface area contributed by atoms with E-state index in [9.17, 15) is 21.6 Å². The highest BCUT2D eigenvalue weighted by Crippen LogP contribution is 2.24. The Balaban J connectivity index is 4.64. The first-order valence-electron chi connectivity index (χ1n) is 2.66. The molecule has 66 valence electrons. The van der Waals surface area contributed by atoms with E-state index >= 15 is 0 Å². The fourth-order valence-electron chi connectivity index (χ4n) is 0.232. The maximum Gasteiger partial charge on any atom is 0.518 e. The molecule has 0 rings (SSSR count). The molecule has 3 nitrogen and oxygen atoms in total. The number of alkyl halides is 3. The van der Waals surface area contributed by atoms with Gasteiger partial charge >= 0.3 is 15.5 Å². The van der Waals surface area contributed by atoms with E-state index in [1.165, 1.54) is 6.92 Å². The largest absolute Gasteiger partial charge is 0.518 e. The van der Waals surface area contributed by atoms with Crippen LogP contribution in [0.15, 0.2) is 4.40 Å². The number of hydrogen-bond acceptors (Lipinski definition) is 2. The normalized spacial score (nSPS) is 14.2. The molecule has 0 aromatic rings. The van der Waals surface area contributed by atoms with Crippen LogP contribution in [0.25, 0.3) is 0 Å². The van der Waals surface area contributed by atoms with Crippen LogP contribution in [-0.4, -0.2) is 20.1 Å². The van der Waals surface area contributed by atoms with Crippen LogP contribution in [0.4, 0.5) is 13.2 Å². The molecule has 7 heteroatoms. The van der Waals surface area contributed by atoms with Gasteiger partial charge in [0.05, 0.1) is 0 Å². The van der Waals surface area contributed by atoms with Crippen molar-refractivity contribution in [1.82, 2.24) is 0 Å². The second-order valence-electron chi connectivity index (χ2n) is 1.62. The molecule has 0 radical (unpaired) electrons. The molecule has 11 heavy (non-hydrogen) atoms. The van der Waals surface area contributed by atoms with Crippen LogP contribution in [0.5, 0.6) is 0 Å². The van der Waals surface area contributed by atoms with Crippen LogP contribution in [0, 0.1) is 0 Å². The minimum Gasteiger partial charge on any atom is -0.195 e. The van der Waals surface area contributed by atoms with Gasteiger partial charge in [0.15, 0.2) is 0 Å². The second-order valence-corrected chi connectivity index (χ2v) is 3.24. The van der Waals surface area contributed by atoms with Crippen molar-refractivity contribution in [1.29, 1.82) is 0 Å². The number of hydrogen-bond donors (Lipinski definition) is 0. The molecule has 0 aliphatic rings. The van der Waals surface area contributed by atoms with E-state index in [-0.39, 0.29) is 6.42 Å². The van der Waals surface area contributed by atoms with E-state index in [0.29, 0.717) is 6.21 Å². The van der Waals surface area contributed by atoms with Gasteiger partial charge < -0.3 is 0 Å². The summed E-state index contributed by atoms with van der Waals surface area (Å²) in [6, 6.07) is 0. The summed E-state index contributed by atoms with van der Waals surface area (Å²) in [5, 5.41) is 0. The van der Waals surface area contributed by atoms with Gasteiger partial charge in [0.1, 0.15) is 0 Å². The van der Waals surface area contributed by atoms with Gasteiger partial charge in [0, 0.05) is 6.21 Å². The molecule has 0 saturated heterocycles. The first-order chi connectivity index (χ1) is 4.81. The van der Waals surface area contributed by atoms with Crippen LogP contribution >= 0.6 is 0 Å². The van der Waals surface area contributed by atoms with Crippen LogP contribution in [0.3, 0.4) is 0 Å². The lowest BCUT2D eigenvalue weighted by atomic mass is 10.6. The maximum absolute atomic E-state index is 11.5. The molecule has 0 aliphatic heterocycles. The zero-order valence-corrected chi connectivity index (χ0v) is 6.41. The third-order valence-corrected chi connectivity index (χ3v) is 1.70. The summed E-state index contributed by atoms with van der Waals surface area (Å²) in [4.78, 5) is 0. The van der Waals surface area contributed by atoms with Crippen LogP contribution in [0.1, 0.15) is 13.3 Å². The van der Waals surface area contributed by atoms with Crippen molar-refractivity contribution in [2.75, 3.05) is 0 Å². The molecule has 0 atom stereocenters. The molecule has 0 bridgehead atoms. The van der Waals surface area contributed by atoms with Crippen molar-refractivity contribution in [3.05, 3.63) is 0 Å². The fourth-order valence-corrected chi connectivity index (χ4v) is 0.697. The highest BCUT2D eigenvalue weighted by atomic mass is 32.2. The molecular formula is C4H6F3NO2S. The van der Waals surface area contributed by atoms with Gasteiger partial charge in [0.2, 0.25) is 0 Å². The third kappa shape index (κ3) is 2.87. The molecule has 0 spiro atoms. The van der Waals surface area contributed by atoms with E-state index in [2.05, 4.69) is 4.40 Å². The Hall–Kier alpha value is -0.590. The van der Waals surface area contributed by atoms with Gasteiger partial charge in [-0.15, -0.1) is 0 Å². The summed E-state index contributed by atoms with van der Waals surface area (Å²) in [6.07, 6.45) is 0.845. The van der Waals surface area contributed by atoms with Gasteiger partial charge in [-0.1, -0.05) is 6.92 Å². The Morgan fingerprint density at radius 2 is 1.91 bits per heavy atom. The highest BCUT2D eigenvalue weighted by Gasteiger charge is 2.45. The van der Waals surface area contributed by atoms with E-state index in [1.54, 1.807) is 0 Å². The molecular weight excluding hydrogens is 183 g/mol. The van der Waals surface area contributed by atoms with Crippen molar-refractivity contribution in [2.24, 2.45) is 4.40 Å². The van der Waals surface area contributed by atoms with Crippen LogP contribution in [0.2, 0.25) is 0 Å². The molecule has 0 aromatic heterocycles. The summed E-state index contributed by atoms with van der Waals surface area (Å²) < 4.78 is 56.9. The Morgan fingerprint density at radius 1 is 1.45 bits per heavy atom. The van der Waals surface area contributed by atoms with Gasteiger partial charge in [-0.3, -0.25) is 0 Å². The minimum atomic E-state index is -5.29. The first-order valence-corrected chi connectivity index (χ1v) is 4.10. The summed E-state index contributed by atoms with van der Waals surface area (Å²) in [7, 11) is -5.29. The first kappa shape index (κ1) is 10.4. The number of nitrogens with zero attached hydrogens (tertiary/aromatic N) is 1. The van der Waals surface area contributed by atoms with Gasteiger partial charge in [-0.05, 0) is 6.42 Å². The third-order valence-electron chi connectivity index (χ3n) is 0.688. The van der Waals surface area contributed by atoms with Crippen molar-refractivity contribution >= 4 is 16.2 Å². The lowest BCUT2D eigenvalue weighted by Crippen LogP contribution is -2.20. The van der Waals surface area contributed by atoms with E-state index in [4.69, 9.17) is 0 Å². The van der Waals surface area contributed by atoms with Gasteiger partial charge in [-0.25, -0.2) is 0 Å². The SMILES string of the molecule is CCC=NS(=O)(=O)C(F)(F)F. The molecule has 0 unspecified atom stereocenters. The highest BCUT2D eigenvalue weighted by molar-refractivity contribution is 7.91. The minimum absolute atomic E-state index is 0.148. The van der Waals surface area contributed by atoms with Crippen molar-refractivity contribution in [3.63, 3.8) is 0 Å². The molecule has 0 aliphatic carbocycles. The summed E-state index contributed by atoms with van der Waals surface area (Å²) >= 11 is 0. The van der Waals surface area contributed by atoms with Crippen LogP contribution < -0.4 is 0 Å². The predicted octanol–water partition coefficient (Wildman–Crippen LogP) is 1.32. The number of rotatable bonds is 2. The Morgan fingerprint density at radius 3 is 2.18 bits per heavy atom. The smallest absolute Gasteiger partial charge is 0.195 e. The zero-order valence-electron chi connectivity index (χ0n) is 5.59. The number of sulfonamides is 1. The molecule has 0 fully saturated rings. The van der Waals surface area contributed by atoms with E-state index in [1.807, 2.05) is 0 Å². The quantitative estimate of drug-likeness (QED) is 0.615. The van der Waals surface area contributed by atoms with Crippen LogP contribution in [-0.2, 0) is 10.0 Å². The van der Waals surface area contributed by atoms with Crippen molar-refractivity contribution in [2.45, 2.75) is 18.9 Å².